The van der Waals surface area contributed by atoms with Gasteiger partial charge in [-0.1, -0.05) is 74.9 Å². The second-order valence-electron chi connectivity index (χ2n) is 10.7. The molecule has 0 saturated heterocycles. The maximum atomic E-state index is 12.4. The molecule has 2 N–H and O–H groups in total. The molecular weight excluding hydrogens is 504 g/mol. The van der Waals surface area contributed by atoms with Gasteiger partial charge >= 0.3 is 0 Å². The number of nitrogens with zero attached hydrogens (tertiary/aromatic N) is 2. The summed E-state index contributed by atoms with van der Waals surface area (Å²) < 4.78 is 0. The third-order valence-electron chi connectivity index (χ3n) is 7.89. The number of hydrogen-bond donors (Lipinski definition) is 2. The summed E-state index contributed by atoms with van der Waals surface area (Å²) in [4.78, 5) is 51.8. The van der Waals surface area contributed by atoms with E-state index in [9.17, 15) is 19.2 Å². The van der Waals surface area contributed by atoms with Gasteiger partial charge in [0.15, 0.2) is 0 Å². The summed E-state index contributed by atoms with van der Waals surface area (Å²) in [7, 11) is 0. The van der Waals surface area contributed by atoms with Gasteiger partial charge in [0.25, 0.3) is 23.6 Å². The zero-order valence-electron chi connectivity index (χ0n) is 22.7. The Bertz CT molecular complexity index is 1190. The minimum Gasteiger partial charge on any atom is -0.351 e. The molecule has 4 aliphatic rings. The lowest BCUT2D eigenvalue weighted by Crippen LogP contribution is -2.42. The van der Waals surface area contributed by atoms with E-state index in [0.717, 1.165) is 62.7 Å². The Morgan fingerprint density at radius 1 is 0.500 bits per heavy atom. The minimum absolute atomic E-state index is 0.0788. The third-order valence-corrected chi connectivity index (χ3v) is 7.89. The summed E-state index contributed by atoms with van der Waals surface area (Å²) in [5, 5.41) is 6.08. The molecular formula is C32H36N4O4. The van der Waals surface area contributed by atoms with Crippen LogP contribution < -0.4 is 10.6 Å². The van der Waals surface area contributed by atoms with Gasteiger partial charge < -0.3 is 10.6 Å². The highest BCUT2D eigenvalue weighted by molar-refractivity contribution is 6.18. The SMILES string of the molecule is O=C1C=C(Nc2ccccc2)C(=O)N1C1CCCCC1.O=C1C=C(Nc2ccccc2)C(=O)N1C1CCCCC1. The Morgan fingerprint density at radius 2 is 0.850 bits per heavy atom. The van der Waals surface area contributed by atoms with Crippen molar-refractivity contribution in [3.63, 3.8) is 0 Å². The minimum atomic E-state index is -0.189. The van der Waals surface area contributed by atoms with Crippen LogP contribution in [0, 0.1) is 0 Å². The Hall–Kier alpha value is -4.20. The van der Waals surface area contributed by atoms with Crippen molar-refractivity contribution >= 4 is 35.0 Å². The van der Waals surface area contributed by atoms with Gasteiger partial charge in [-0.15, -0.1) is 0 Å². The summed E-state index contributed by atoms with van der Waals surface area (Å²) in [6, 6.07) is 19.1. The van der Waals surface area contributed by atoms with Crippen molar-refractivity contribution in [3.05, 3.63) is 84.2 Å². The number of anilines is 2. The molecule has 0 aromatic heterocycles. The zero-order valence-corrected chi connectivity index (χ0v) is 22.7. The Balaban J connectivity index is 0.000000161. The number of hydrogen-bond acceptors (Lipinski definition) is 6. The maximum Gasteiger partial charge on any atom is 0.277 e. The lowest BCUT2D eigenvalue weighted by molar-refractivity contribution is -0.142. The molecule has 2 aromatic carbocycles. The van der Waals surface area contributed by atoms with Gasteiger partial charge in [0.2, 0.25) is 0 Å². The molecule has 2 heterocycles. The van der Waals surface area contributed by atoms with Gasteiger partial charge in [-0.25, -0.2) is 0 Å². The molecule has 40 heavy (non-hydrogen) atoms. The van der Waals surface area contributed by atoms with Crippen LogP contribution in [0.2, 0.25) is 0 Å². The number of carbonyl (C=O) groups is 4. The molecule has 0 atom stereocenters. The summed E-state index contributed by atoms with van der Waals surface area (Å²) in [6.07, 6.45) is 13.4. The largest absolute Gasteiger partial charge is 0.351 e. The van der Waals surface area contributed by atoms with Gasteiger partial charge in [0.05, 0.1) is 0 Å². The molecule has 0 bridgehead atoms. The Kier molecular flexibility index (Phi) is 8.74. The Labute approximate surface area is 235 Å². The number of para-hydroxylation sites is 2. The van der Waals surface area contributed by atoms with Crippen molar-refractivity contribution in [1.82, 2.24) is 9.80 Å². The quantitative estimate of drug-likeness (QED) is 0.478. The van der Waals surface area contributed by atoms with Crippen LogP contribution in [0.5, 0.6) is 0 Å². The van der Waals surface area contributed by atoms with Crippen LogP contribution in [0.3, 0.4) is 0 Å². The van der Waals surface area contributed by atoms with Gasteiger partial charge in [-0.2, -0.15) is 0 Å². The number of nitrogens with one attached hydrogen (secondary N) is 2. The average molecular weight is 541 g/mol. The highest BCUT2D eigenvalue weighted by Gasteiger charge is 2.38. The van der Waals surface area contributed by atoms with Crippen molar-refractivity contribution in [2.24, 2.45) is 0 Å². The van der Waals surface area contributed by atoms with Crippen LogP contribution in [0.1, 0.15) is 64.2 Å². The number of carbonyl (C=O) groups excluding carboxylic acids is 4. The molecule has 2 fully saturated rings. The van der Waals surface area contributed by atoms with Gasteiger partial charge in [0.1, 0.15) is 11.4 Å². The first kappa shape index (κ1) is 27.4. The zero-order chi connectivity index (χ0) is 27.9. The van der Waals surface area contributed by atoms with Crippen LogP contribution in [0.15, 0.2) is 84.2 Å². The van der Waals surface area contributed by atoms with Gasteiger partial charge in [-0.05, 0) is 49.9 Å². The number of benzene rings is 2. The molecule has 2 aliphatic carbocycles. The molecule has 0 spiro atoms. The monoisotopic (exact) mass is 540 g/mol. The molecule has 2 aromatic rings. The highest BCUT2D eigenvalue weighted by atomic mass is 16.2. The van der Waals surface area contributed by atoms with E-state index in [0.29, 0.717) is 11.4 Å². The second kappa shape index (κ2) is 12.8. The van der Waals surface area contributed by atoms with Gasteiger partial charge in [0, 0.05) is 35.6 Å². The van der Waals surface area contributed by atoms with E-state index < -0.39 is 0 Å². The predicted molar refractivity (Wildman–Crippen MR) is 154 cm³/mol. The lowest BCUT2D eigenvalue weighted by atomic mass is 9.94. The number of imide groups is 2. The molecule has 8 heteroatoms. The van der Waals surface area contributed by atoms with Crippen molar-refractivity contribution < 1.29 is 19.2 Å². The van der Waals surface area contributed by atoms with Crippen molar-refractivity contribution in [2.75, 3.05) is 10.6 Å². The Morgan fingerprint density at radius 3 is 1.20 bits per heavy atom. The summed E-state index contributed by atoms with van der Waals surface area (Å²) in [6.45, 7) is 0. The van der Waals surface area contributed by atoms with Crippen LogP contribution in [0.25, 0.3) is 0 Å². The predicted octanol–water partition coefficient (Wildman–Crippen LogP) is 5.37. The molecule has 4 amide bonds. The first-order valence-electron chi connectivity index (χ1n) is 14.3. The molecule has 2 aliphatic heterocycles. The fraction of sp³-hybridized carbons (Fsp3) is 0.375. The summed E-state index contributed by atoms with van der Waals surface area (Å²) >= 11 is 0. The van der Waals surface area contributed by atoms with E-state index in [1.807, 2.05) is 60.7 Å². The number of amides is 4. The molecule has 208 valence electrons. The smallest absolute Gasteiger partial charge is 0.277 e. The molecule has 0 unspecified atom stereocenters. The van der Waals surface area contributed by atoms with E-state index in [2.05, 4.69) is 10.6 Å². The van der Waals surface area contributed by atoms with Crippen molar-refractivity contribution in [3.8, 4) is 0 Å². The highest BCUT2D eigenvalue weighted by Crippen LogP contribution is 2.29. The van der Waals surface area contributed by atoms with Crippen molar-refractivity contribution in [2.45, 2.75) is 76.3 Å². The molecule has 6 rings (SSSR count). The third kappa shape index (κ3) is 6.33. The topological polar surface area (TPSA) is 98.8 Å². The summed E-state index contributed by atoms with van der Waals surface area (Å²) in [5.41, 5.74) is 2.41. The van der Waals surface area contributed by atoms with Crippen LogP contribution in [0.4, 0.5) is 11.4 Å². The fourth-order valence-corrected chi connectivity index (χ4v) is 5.87. The fourth-order valence-electron chi connectivity index (χ4n) is 5.87. The van der Waals surface area contributed by atoms with Crippen LogP contribution >= 0.6 is 0 Å². The number of rotatable bonds is 6. The molecule has 0 radical (unpaired) electrons. The second-order valence-corrected chi connectivity index (χ2v) is 10.7. The van der Waals surface area contributed by atoms with E-state index in [1.54, 1.807) is 0 Å². The maximum absolute atomic E-state index is 12.4. The normalized spacial score (nSPS) is 20.2. The van der Waals surface area contributed by atoms with Crippen molar-refractivity contribution in [1.29, 1.82) is 0 Å². The molecule has 2 saturated carbocycles. The summed E-state index contributed by atoms with van der Waals surface area (Å²) in [5.74, 6) is -0.739. The lowest BCUT2D eigenvalue weighted by Gasteiger charge is -2.29. The van der Waals surface area contributed by atoms with Gasteiger partial charge in [-0.3, -0.25) is 29.0 Å². The first-order chi connectivity index (χ1) is 19.5. The van der Waals surface area contributed by atoms with E-state index in [1.165, 1.54) is 34.8 Å². The molecule has 8 nitrogen and oxygen atoms in total. The van der Waals surface area contributed by atoms with E-state index >= 15 is 0 Å². The van der Waals surface area contributed by atoms with Crippen LogP contribution in [-0.4, -0.2) is 45.5 Å². The average Bonchev–Trinajstić information content (AvgIpc) is 3.43. The van der Waals surface area contributed by atoms with Crippen LogP contribution in [-0.2, 0) is 19.2 Å². The van der Waals surface area contributed by atoms with E-state index in [-0.39, 0.29) is 35.7 Å². The van der Waals surface area contributed by atoms with E-state index in [4.69, 9.17) is 0 Å². The first-order valence-corrected chi connectivity index (χ1v) is 14.3. The standard InChI is InChI=1S/2C16H18N2O2/c2*19-15-11-14(17-12-7-3-1-4-8-12)16(20)18(15)13-9-5-2-6-10-13/h2*1,3-4,7-8,11,13,17H,2,5-6,9-10H2.